The number of rotatable bonds is 4. The van der Waals surface area contributed by atoms with Gasteiger partial charge in [-0.2, -0.15) is 0 Å². The lowest BCUT2D eigenvalue weighted by molar-refractivity contribution is -0.132. The van der Waals surface area contributed by atoms with Crippen molar-refractivity contribution < 1.29 is 9.53 Å². The summed E-state index contributed by atoms with van der Waals surface area (Å²) < 4.78 is 5.36. The fourth-order valence-corrected chi connectivity index (χ4v) is 2.68. The second-order valence-electron chi connectivity index (χ2n) is 5.38. The van der Waals surface area contributed by atoms with Crippen molar-refractivity contribution >= 4 is 5.91 Å². The zero-order valence-corrected chi connectivity index (χ0v) is 11.4. The van der Waals surface area contributed by atoms with E-state index in [0.717, 1.165) is 58.8 Å². The molecule has 2 aliphatic heterocycles. The summed E-state index contributed by atoms with van der Waals surface area (Å²) in [5.41, 5.74) is 0. The highest BCUT2D eigenvalue weighted by atomic mass is 16.5. The van der Waals surface area contributed by atoms with Crippen molar-refractivity contribution in [3.05, 3.63) is 0 Å². The summed E-state index contributed by atoms with van der Waals surface area (Å²) >= 11 is 0. The van der Waals surface area contributed by atoms with Crippen LogP contribution >= 0.6 is 0 Å². The van der Waals surface area contributed by atoms with Crippen LogP contribution in [-0.4, -0.2) is 75.2 Å². The lowest BCUT2D eigenvalue weighted by Gasteiger charge is -2.31. The molecule has 0 aromatic carbocycles. The van der Waals surface area contributed by atoms with Gasteiger partial charge in [0.1, 0.15) is 0 Å². The van der Waals surface area contributed by atoms with Gasteiger partial charge < -0.3 is 15.0 Å². The summed E-state index contributed by atoms with van der Waals surface area (Å²) in [6.45, 7) is 6.88. The monoisotopic (exact) mass is 255 g/mol. The number of hydrogen-bond acceptors (Lipinski definition) is 4. The van der Waals surface area contributed by atoms with Crippen molar-refractivity contribution in [2.45, 2.75) is 12.8 Å². The van der Waals surface area contributed by atoms with Crippen LogP contribution in [0.2, 0.25) is 0 Å². The van der Waals surface area contributed by atoms with Gasteiger partial charge in [0.15, 0.2) is 0 Å². The van der Waals surface area contributed by atoms with Gasteiger partial charge in [0, 0.05) is 45.9 Å². The average molecular weight is 255 g/mol. The van der Waals surface area contributed by atoms with Crippen LogP contribution in [0.5, 0.6) is 0 Å². The predicted octanol–water partition coefficient (Wildman–Crippen LogP) is -0.223. The molecule has 2 rings (SSSR count). The van der Waals surface area contributed by atoms with E-state index in [4.69, 9.17) is 4.74 Å². The Hall–Kier alpha value is -0.650. The number of nitrogens with zero attached hydrogens (tertiary/aromatic N) is 2. The molecule has 0 aromatic rings. The number of ether oxygens (including phenoxy) is 1. The van der Waals surface area contributed by atoms with E-state index in [9.17, 15) is 4.79 Å². The second-order valence-corrected chi connectivity index (χ2v) is 5.38. The standard InChI is InChI=1S/C13H25N3O2/c1-15(10-12-2-8-18-9-3-12)11-13(17)16-6-4-14-5-7-16/h12,14H,2-11H2,1H3. The summed E-state index contributed by atoms with van der Waals surface area (Å²) in [5.74, 6) is 0.964. The van der Waals surface area contributed by atoms with Gasteiger partial charge in [-0.15, -0.1) is 0 Å². The molecule has 0 unspecified atom stereocenters. The van der Waals surface area contributed by atoms with E-state index >= 15 is 0 Å². The van der Waals surface area contributed by atoms with E-state index < -0.39 is 0 Å². The van der Waals surface area contributed by atoms with Crippen molar-refractivity contribution in [1.29, 1.82) is 0 Å². The molecular formula is C13H25N3O2. The van der Waals surface area contributed by atoms with E-state index in [0.29, 0.717) is 12.5 Å². The molecule has 0 bridgehead atoms. The molecule has 2 aliphatic rings. The fraction of sp³-hybridized carbons (Fsp3) is 0.923. The van der Waals surface area contributed by atoms with E-state index in [1.54, 1.807) is 0 Å². The van der Waals surface area contributed by atoms with Crippen LogP contribution in [-0.2, 0) is 9.53 Å². The molecule has 2 fully saturated rings. The number of carbonyl (C=O) groups is 1. The highest BCUT2D eigenvalue weighted by Gasteiger charge is 2.20. The van der Waals surface area contributed by atoms with Crippen LogP contribution in [0.3, 0.4) is 0 Å². The number of hydrogen-bond donors (Lipinski definition) is 1. The molecule has 2 heterocycles. The summed E-state index contributed by atoms with van der Waals surface area (Å²) in [6.07, 6.45) is 2.26. The minimum Gasteiger partial charge on any atom is -0.381 e. The maximum Gasteiger partial charge on any atom is 0.236 e. The molecule has 18 heavy (non-hydrogen) atoms. The Morgan fingerprint density at radius 1 is 1.33 bits per heavy atom. The highest BCUT2D eigenvalue weighted by Crippen LogP contribution is 2.15. The number of likely N-dealkylation sites (N-methyl/N-ethyl adjacent to an activating group) is 1. The topological polar surface area (TPSA) is 44.8 Å². The van der Waals surface area contributed by atoms with Crippen molar-refractivity contribution in [3.8, 4) is 0 Å². The highest BCUT2D eigenvalue weighted by molar-refractivity contribution is 5.78. The SMILES string of the molecule is CN(CC(=O)N1CCNCC1)CC1CCOCC1. The van der Waals surface area contributed by atoms with Crippen molar-refractivity contribution in [2.24, 2.45) is 5.92 Å². The Morgan fingerprint density at radius 3 is 2.67 bits per heavy atom. The number of carbonyl (C=O) groups excluding carboxylic acids is 1. The average Bonchev–Trinajstić information content (AvgIpc) is 2.40. The van der Waals surface area contributed by atoms with Gasteiger partial charge in [-0.05, 0) is 25.8 Å². The predicted molar refractivity (Wildman–Crippen MR) is 70.5 cm³/mol. The van der Waals surface area contributed by atoms with E-state index in [1.807, 2.05) is 4.90 Å². The Morgan fingerprint density at radius 2 is 2.00 bits per heavy atom. The van der Waals surface area contributed by atoms with Crippen LogP contribution in [0.1, 0.15) is 12.8 Å². The summed E-state index contributed by atoms with van der Waals surface area (Å²) in [6, 6.07) is 0. The van der Waals surface area contributed by atoms with Gasteiger partial charge in [0.2, 0.25) is 5.91 Å². The molecule has 0 saturated carbocycles. The van der Waals surface area contributed by atoms with Crippen LogP contribution in [0.25, 0.3) is 0 Å². The lowest BCUT2D eigenvalue weighted by Crippen LogP contribution is -2.49. The molecule has 5 nitrogen and oxygen atoms in total. The van der Waals surface area contributed by atoms with Gasteiger partial charge in [-0.3, -0.25) is 9.69 Å². The number of amides is 1. The zero-order valence-electron chi connectivity index (χ0n) is 11.4. The molecule has 2 saturated heterocycles. The van der Waals surface area contributed by atoms with Crippen LogP contribution in [0, 0.1) is 5.92 Å². The molecule has 104 valence electrons. The summed E-state index contributed by atoms with van der Waals surface area (Å²) in [4.78, 5) is 16.2. The smallest absolute Gasteiger partial charge is 0.236 e. The molecule has 0 radical (unpaired) electrons. The number of nitrogens with one attached hydrogen (secondary N) is 1. The van der Waals surface area contributed by atoms with Crippen molar-refractivity contribution in [2.75, 3.05) is 59.5 Å². The third kappa shape index (κ3) is 4.23. The Labute approximate surface area is 109 Å². The molecule has 0 aliphatic carbocycles. The molecule has 0 atom stereocenters. The Balaban J connectivity index is 1.68. The third-order valence-electron chi connectivity index (χ3n) is 3.79. The number of piperazine rings is 1. The molecule has 0 spiro atoms. The molecule has 0 aromatic heterocycles. The quantitative estimate of drug-likeness (QED) is 0.754. The van der Waals surface area contributed by atoms with E-state index in [-0.39, 0.29) is 5.91 Å². The molecule has 1 amide bonds. The van der Waals surface area contributed by atoms with Gasteiger partial charge in [-0.25, -0.2) is 0 Å². The fourth-order valence-electron chi connectivity index (χ4n) is 2.68. The Bertz CT molecular complexity index is 261. The first-order chi connectivity index (χ1) is 8.75. The lowest BCUT2D eigenvalue weighted by atomic mass is 10.00. The van der Waals surface area contributed by atoms with Gasteiger partial charge in [0.05, 0.1) is 6.54 Å². The second kappa shape index (κ2) is 7.07. The Kier molecular flexibility index (Phi) is 5.41. The minimum absolute atomic E-state index is 0.269. The zero-order chi connectivity index (χ0) is 12.8. The first kappa shape index (κ1) is 13.8. The van der Waals surface area contributed by atoms with Crippen LogP contribution in [0.15, 0.2) is 0 Å². The molecule has 5 heteroatoms. The summed E-state index contributed by atoms with van der Waals surface area (Å²) in [5, 5.41) is 3.27. The largest absolute Gasteiger partial charge is 0.381 e. The van der Waals surface area contributed by atoms with Crippen LogP contribution < -0.4 is 5.32 Å². The normalized spacial score (nSPS) is 22.4. The van der Waals surface area contributed by atoms with Crippen molar-refractivity contribution in [3.63, 3.8) is 0 Å². The van der Waals surface area contributed by atoms with E-state index in [2.05, 4.69) is 17.3 Å². The minimum atomic E-state index is 0.269. The van der Waals surface area contributed by atoms with Gasteiger partial charge >= 0.3 is 0 Å². The molecule has 1 N–H and O–H groups in total. The first-order valence-electron chi connectivity index (χ1n) is 7.00. The third-order valence-corrected chi connectivity index (χ3v) is 3.79. The van der Waals surface area contributed by atoms with Gasteiger partial charge in [0.25, 0.3) is 0 Å². The van der Waals surface area contributed by atoms with Crippen molar-refractivity contribution in [1.82, 2.24) is 15.1 Å². The maximum absolute atomic E-state index is 12.1. The molecular weight excluding hydrogens is 230 g/mol. The van der Waals surface area contributed by atoms with Crippen LogP contribution in [0.4, 0.5) is 0 Å². The maximum atomic E-state index is 12.1. The summed E-state index contributed by atoms with van der Waals surface area (Å²) in [7, 11) is 2.05. The van der Waals surface area contributed by atoms with E-state index in [1.165, 1.54) is 0 Å². The first-order valence-corrected chi connectivity index (χ1v) is 7.00. The van der Waals surface area contributed by atoms with Gasteiger partial charge in [-0.1, -0.05) is 0 Å².